The van der Waals surface area contributed by atoms with E-state index >= 15 is 0 Å². The fraction of sp³-hybridized carbons (Fsp3) is 0.800. The number of hydrogen-bond acceptors (Lipinski definition) is 9. The van der Waals surface area contributed by atoms with Gasteiger partial charge in [-0.15, -0.1) is 0 Å². The minimum atomic E-state index is -5.08. The van der Waals surface area contributed by atoms with Gasteiger partial charge in [-0.3, -0.25) is 14.4 Å². The normalized spacial score (nSPS) is 36.0. The Morgan fingerprint density at radius 3 is 2.30 bits per heavy atom. The molecule has 0 aromatic rings. The van der Waals surface area contributed by atoms with E-state index in [2.05, 4.69) is 20.4 Å². The van der Waals surface area contributed by atoms with Crippen molar-refractivity contribution >= 4 is 23.7 Å². The molecule has 4 N–H and O–H groups in total. The van der Waals surface area contributed by atoms with Crippen LogP contribution in [-0.2, 0) is 33.4 Å². The maximum Gasteiger partial charge on any atom is 0.490 e. The molecule has 0 heterocycles. The van der Waals surface area contributed by atoms with Crippen molar-refractivity contribution in [2.24, 2.45) is 39.7 Å². The van der Waals surface area contributed by atoms with Gasteiger partial charge in [-0.25, -0.2) is 4.79 Å². The van der Waals surface area contributed by atoms with E-state index in [4.69, 9.17) is 29.8 Å². The molecule has 4 fully saturated rings. The van der Waals surface area contributed by atoms with Crippen LogP contribution < -0.4 is 5.73 Å². The van der Waals surface area contributed by atoms with Crippen LogP contribution in [0, 0.1) is 34.0 Å². The Morgan fingerprint density at radius 1 is 1.14 bits per heavy atom. The molecule has 244 valence electrons. The van der Waals surface area contributed by atoms with E-state index in [1.807, 2.05) is 0 Å². The van der Waals surface area contributed by atoms with Gasteiger partial charge in [-0.2, -0.15) is 13.2 Å². The third-order valence-electron chi connectivity index (χ3n) is 10.2. The van der Waals surface area contributed by atoms with E-state index in [1.54, 1.807) is 7.11 Å². The number of methoxy groups -OCH3 is 1. The molecular weight excluding hydrogens is 575 g/mol. The van der Waals surface area contributed by atoms with Crippen LogP contribution in [0.5, 0.6) is 0 Å². The molecule has 43 heavy (non-hydrogen) atoms. The van der Waals surface area contributed by atoms with Gasteiger partial charge in [0, 0.05) is 37.7 Å². The first-order valence-corrected chi connectivity index (χ1v) is 14.7. The zero-order valence-corrected chi connectivity index (χ0v) is 25.2. The van der Waals surface area contributed by atoms with E-state index in [-0.39, 0.29) is 48.5 Å². The van der Waals surface area contributed by atoms with Crippen LogP contribution in [0.4, 0.5) is 13.2 Å². The highest BCUT2D eigenvalue weighted by molar-refractivity contribution is 6.05. The van der Waals surface area contributed by atoms with Gasteiger partial charge in [-0.1, -0.05) is 26.8 Å². The highest BCUT2D eigenvalue weighted by Crippen LogP contribution is 2.72. The summed E-state index contributed by atoms with van der Waals surface area (Å²) in [5.41, 5.74) is 3.97. The number of halogens is 3. The lowest BCUT2D eigenvalue weighted by molar-refractivity contribution is -0.272. The number of nitrogens with two attached hydrogens (primary N) is 1. The zero-order valence-electron chi connectivity index (χ0n) is 25.2. The lowest BCUT2D eigenvalue weighted by Gasteiger charge is -2.67. The van der Waals surface area contributed by atoms with E-state index in [1.165, 1.54) is 6.92 Å². The predicted molar refractivity (Wildman–Crippen MR) is 146 cm³/mol. The Kier molecular flexibility index (Phi) is 10.4. The largest absolute Gasteiger partial charge is 0.490 e. The Labute approximate surface area is 249 Å². The van der Waals surface area contributed by atoms with E-state index in [0.29, 0.717) is 31.4 Å². The van der Waals surface area contributed by atoms with Crippen molar-refractivity contribution in [1.29, 1.82) is 0 Å². The van der Waals surface area contributed by atoms with Crippen molar-refractivity contribution in [2.75, 3.05) is 20.3 Å². The Balaban J connectivity index is 0.000000646. The average Bonchev–Trinajstić information content (AvgIpc) is 3.03. The minimum Gasteiger partial charge on any atom is -0.475 e. The molecule has 4 aliphatic carbocycles. The third kappa shape index (κ3) is 6.22. The quantitative estimate of drug-likeness (QED) is 0.208. The number of alkyl halides is 3. The monoisotopic (exact) mass is 619 g/mol. The van der Waals surface area contributed by atoms with Gasteiger partial charge in [0.05, 0.1) is 18.8 Å². The van der Waals surface area contributed by atoms with Crippen LogP contribution in [-0.4, -0.2) is 78.7 Å². The molecular formula is C30H44F3NO9. The average molecular weight is 620 g/mol. The SMILES string of the molecule is C=C1C(=O)[C@]23[C@H](OC(=O)CCCCN)[C@H]1C[C@H](O)[C@H]2[C@]1(COC(C)=O)CCCC(C)(C)[C@H]1C[C@H]3OC.O=C(O)C(F)(F)F. The number of carbonyl (C=O) groups is 4. The van der Waals surface area contributed by atoms with Crippen LogP contribution in [0.3, 0.4) is 0 Å². The summed E-state index contributed by atoms with van der Waals surface area (Å²) in [5, 5.41) is 18.9. The first kappa shape index (κ1) is 35.0. The molecule has 2 bridgehead atoms. The zero-order chi connectivity index (χ0) is 32.5. The molecule has 0 saturated heterocycles. The second kappa shape index (κ2) is 12.8. The highest BCUT2D eigenvalue weighted by atomic mass is 19.4. The molecule has 1 spiro atoms. The van der Waals surface area contributed by atoms with Crippen LogP contribution in [0.1, 0.15) is 72.1 Å². The standard InChI is InChI=1S/C28H43NO7.C2HF3O2/c1-16-18-13-19(31)23-27(15-35-17(2)30)11-8-10-26(3,4)20(27)14-21(34-5)28(23,24(16)33)25(18)36-22(32)9-6-7-12-29;3-2(4,5)1(6)7/h18-21,23,25,31H,1,6-15,29H2,2-5H3;(H,6,7)/t18-,19-,20+,21+,23-,25+,27-,28+;/m0./s1. The third-order valence-corrected chi connectivity index (χ3v) is 10.2. The number of ether oxygens (including phenoxy) is 3. The second-order valence-electron chi connectivity index (χ2n) is 13.0. The Hall–Kier alpha value is -2.51. The summed E-state index contributed by atoms with van der Waals surface area (Å²) in [5.74, 6) is -4.69. The van der Waals surface area contributed by atoms with Gasteiger partial charge in [0.2, 0.25) is 0 Å². The number of esters is 2. The van der Waals surface area contributed by atoms with Gasteiger partial charge in [-0.05, 0) is 62.0 Å². The summed E-state index contributed by atoms with van der Waals surface area (Å²) >= 11 is 0. The van der Waals surface area contributed by atoms with Crippen molar-refractivity contribution in [3.8, 4) is 0 Å². The molecule has 0 aromatic carbocycles. The first-order chi connectivity index (χ1) is 19.9. The van der Waals surface area contributed by atoms with Gasteiger partial charge >= 0.3 is 24.1 Å². The van der Waals surface area contributed by atoms with Gasteiger partial charge in [0.1, 0.15) is 11.5 Å². The molecule has 10 nitrogen and oxygen atoms in total. The van der Waals surface area contributed by atoms with E-state index in [9.17, 15) is 32.7 Å². The number of aliphatic hydroxyl groups is 1. The minimum absolute atomic E-state index is 0.0486. The van der Waals surface area contributed by atoms with Crippen molar-refractivity contribution in [2.45, 2.75) is 96.6 Å². The lowest BCUT2D eigenvalue weighted by Crippen LogP contribution is -2.72. The fourth-order valence-electron chi connectivity index (χ4n) is 8.70. The number of hydrogen-bond donors (Lipinski definition) is 3. The number of unbranched alkanes of at least 4 members (excludes halogenated alkanes) is 1. The molecule has 0 unspecified atom stereocenters. The first-order valence-electron chi connectivity index (χ1n) is 14.7. The summed E-state index contributed by atoms with van der Waals surface area (Å²) in [6.45, 7) is 10.6. The molecule has 0 radical (unpaired) electrons. The van der Waals surface area contributed by atoms with E-state index < -0.39 is 53.1 Å². The van der Waals surface area contributed by atoms with Crippen molar-refractivity contribution in [3.05, 3.63) is 12.2 Å². The number of aliphatic carboxylic acids is 1. The lowest BCUT2D eigenvalue weighted by atomic mass is 9.39. The number of ketones is 1. The maximum absolute atomic E-state index is 14.2. The number of carboxylic acids is 1. The number of fused-ring (bicyclic) bond motifs is 3. The topological polar surface area (TPSA) is 162 Å². The van der Waals surface area contributed by atoms with Gasteiger partial charge in [0.25, 0.3) is 0 Å². The van der Waals surface area contributed by atoms with Gasteiger partial charge < -0.3 is 30.2 Å². The number of Topliss-reactive ketones (excluding diaryl/α,β-unsaturated/α-hetero) is 1. The maximum atomic E-state index is 14.2. The summed E-state index contributed by atoms with van der Waals surface area (Å²) < 4.78 is 49.7. The van der Waals surface area contributed by atoms with Crippen LogP contribution in [0.15, 0.2) is 12.2 Å². The van der Waals surface area contributed by atoms with Crippen molar-refractivity contribution < 1.29 is 56.8 Å². The molecule has 4 rings (SSSR count). The molecule has 0 aliphatic heterocycles. The van der Waals surface area contributed by atoms with Crippen LogP contribution >= 0.6 is 0 Å². The van der Waals surface area contributed by atoms with Gasteiger partial charge in [0.15, 0.2) is 5.78 Å². The molecule has 4 saturated carbocycles. The Morgan fingerprint density at radius 2 is 1.77 bits per heavy atom. The van der Waals surface area contributed by atoms with Crippen LogP contribution in [0.25, 0.3) is 0 Å². The summed E-state index contributed by atoms with van der Waals surface area (Å²) in [7, 11) is 1.59. The number of carbonyl (C=O) groups excluding carboxylic acids is 3. The fourth-order valence-corrected chi connectivity index (χ4v) is 8.70. The highest BCUT2D eigenvalue weighted by Gasteiger charge is 2.78. The predicted octanol–water partition coefficient (Wildman–Crippen LogP) is 3.58. The molecule has 0 aromatic heterocycles. The van der Waals surface area contributed by atoms with E-state index in [0.717, 1.165) is 19.3 Å². The molecule has 8 atom stereocenters. The smallest absolute Gasteiger partial charge is 0.475 e. The van der Waals surface area contributed by atoms with Crippen LogP contribution in [0.2, 0.25) is 0 Å². The Bertz CT molecular complexity index is 1110. The molecule has 4 aliphatic rings. The number of rotatable bonds is 8. The summed E-state index contributed by atoms with van der Waals surface area (Å²) in [6.07, 6.45) is -2.25. The second-order valence-corrected chi connectivity index (χ2v) is 13.0. The molecule has 0 amide bonds. The number of aliphatic hydroxyl groups excluding tert-OH is 1. The summed E-state index contributed by atoms with van der Waals surface area (Å²) in [6, 6.07) is 0. The molecule has 13 heteroatoms. The van der Waals surface area contributed by atoms with Crippen molar-refractivity contribution in [3.63, 3.8) is 0 Å². The number of carboxylic acid groups (broad SMARTS) is 1. The van der Waals surface area contributed by atoms with Crippen molar-refractivity contribution in [1.82, 2.24) is 0 Å². The summed E-state index contributed by atoms with van der Waals surface area (Å²) in [4.78, 5) is 48.1.